The van der Waals surface area contributed by atoms with E-state index in [0.29, 0.717) is 0 Å². The first-order chi connectivity index (χ1) is 6.24. The molecule has 1 rings (SSSR count). The maximum atomic E-state index is 8.39. The zero-order chi connectivity index (χ0) is 9.68. The van der Waals surface area contributed by atoms with Gasteiger partial charge in [0, 0.05) is 18.5 Å². The van der Waals surface area contributed by atoms with Gasteiger partial charge in [-0.15, -0.1) is 11.3 Å². The second kappa shape index (κ2) is 4.71. The third-order valence-electron chi connectivity index (χ3n) is 1.77. The number of oxime groups is 1. The van der Waals surface area contributed by atoms with Crippen molar-refractivity contribution in [2.45, 2.75) is 6.42 Å². The largest absolute Gasteiger partial charge is 0.408 e. The summed E-state index contributed by atoms with van der Waals surface area (Å²) in [6.45, 7) is 0.760. The monoisotopic (exact) mass is 199 g/mol. The molecule has 0 unspecified atom stereocenters. The average molecular weight is 199 g/mol. The summed E-state index contributed by atoms with van der Waals surface area (Å²) in [5, 5.41) is 13.3. The van der Waals surface area contributed by atoms with Crippen molar-refractivity contribution in [1.29, 1.82) is 0 Å². The highest BCUT2D eigenvalue weighted by atomic mass is 32.1. The topological polar surface area (TPSA) is 61.8 Å². The van der Waals surface area contributed by atoms with Gasteiger partial charge in [0.2, 0.25) is 5.96 Å². The Kier molecular flexibility index (Phi) is 3.57. The second-order valence-electron chi connectivity index (χ2n) is 2.71. The predicted molar refractivity (Wildman–Crippen MR) is 54.1 cm³/mol. The van der Waals surface area contributed by atoms with Crippen molar-refractivity contribution >= 4 is 17.3 Å². The smallest absolute Gasteiger partial charge is 0.233 e. The molecule has 0 fully saturated rings. The van der Waals surface area contributed by atoms with Gasteiger partial charge < -0.3 is 15.8 Å². The lowest BCUT2D eigenvalue weighted by Gasteiger charge is -2.15. The van der Waals surface area contributed by atoms with Crippen molar-refractivity contribution in [2.75, 3.05) is 13.6 Å². The minimum absolute atomic E-state index is 0.150. The molecule has 13 heavy (non-hydrogen) atoms. The van der Waals surface area contributed by atoms with E-state index < -0.39 is 0 Å². The summed E-state index contributed by atoms with van der Waals surface area (Å²) in [6.07, 6.45) is 0.921. The van der Waals surface area contributed by atoms with E-state index in [4.69, 9.17) is 10.9 Å². The molecule has 1 aromatic rings. The van der Waals surface area contributed by atoms with Gasteiger partial charge in [0.15, 0.2) is 0 Å². The molecule has 0 saturated carbocycles. The fourth-order valence-corrected chi connectivity index (χ4v) is 1.62. The number of hydrogen-bond donors (Lipinski definition) is 2. The number of guanidine groups is 1. The molecule has 0 aliphatic heterocycles. The van der Waals surface area contributed by atoms with Crippen molar-refractivity contribution < 1.29 is 5.21 Å². The Hall–Kier alpha value is -1.23. The second-order valence-corrected chi connectivity index (χ2v) is 3.74. The fourth-order valence-electron chi connectivity index (χ4n) is 0.924. The molecule has 1 heterocycles. The molecule has 0 aromatic carbocycles. The third-order valence-corrected chi connectivity index (χ3v) is 2.70. The molecule has 0 spiro atoms. The Bertz CT molecular complexity index is 271. The summed E-state index contributed by atoms with van der Waals surface area (Å²) >= 11 is 1.71. The Morgan fingerprint density at radius 2 is 2.54 bits per heavy atom. The quantitative estimate of drug-likeness (QED) is 0.329. The Labute approximate surface area is 81.3 Å². The first-order valence-corrected chi connectivity index (χ1v) is 4.83. The van der Waals surface area contributed by atoms with Crippen molar-refractivity contribution in [3.63, 3.8) is 0 Å². The van der Waals surface area contributed by atoms with E-state index >= 15 is 0 Å². The molecule has 0 radical (unpaired) electrons. The Balaban J connectivity index is 2.35. The predicted octanol–water partition coefficient (Wildman–Crippen LogP) is 0.926. The van der Waals surface area contributed by atoms with Gasteiger partial charge in [-0.1, -0.05) is 11.2 Å². The van der Waals surface area contributed by atoms with Crippen molar-refractivity contribution in [3.8, 4) is 0 Å². The van der Waals surface area contributed by atoms with Gasteiger partial charge in [-0.2, -0.15) is 0 Å². The molecule has 0 amide bonds. The molecule has 0 bridgehead atoms. The van der Waals surface area contributed by atoms with E-state index in [1.165, 1.54) is 4.88 Å². The van der Waals surface area contributed by atoms with Crippen LogP contribution in [0.4, 0.5) is 0 Å². The maximum absolute atomic E-state index is 8.39. The van der Waals surface area contributed by atoms with Gasteiger partial charge in [0.05, 0.1) is 0 Å². The minimum Gasteiger partial charge on any atom is -0.408 e. The summed E-state index contributed by atoms with van der Waals surface area (Å²) in [7, 11) is 1.79. The maximum Gasteiger partial charge on any atom is 0.233 e. The number of likely N-dealkylation sites (N-methyl/N-ethyl adjacent to an activating group) is 1. The average Bonchev–Trinajstić information content (AvgIpc) is 2.65. The van der Waals surface area contributed by atoms with Crippen LogP contribution in [0.25, 0.3) is 0 Å². The molecular weight excluding hydrogens is 186 g/mol. The van der Waals surface area contributed by atoms with Gasteiger partial charge in [-0.25, -0.2) is 0 Å². The molecule has 4 nitrogen and oxygen atoms in total. The van der Waals surface area contributed by atoms with Crippen LogP contribution in [0.1, 0.15) is 4.88 Å². The van der Waals surface area contributed by atoms with Crippen LogP contribution in [-0.4, -0.2) is 29.7 Å². The van der Waals surface area contributed by atoms with Crippen molar-refractivity contribution in [1.82, 2.24) is 4.90 Å². The SMILES string of the molecule is CN(CCc1cccs1)C(N)=NO. The summed E-state index contributed by atoms with van der Waals surface area (Å²) < 4.78 is 0. The van der Waals surface area contributed by atoms with Crippen LogP contribution in [-0.2, 0) is 6.42 Å². The van der Waals surface area contributed by atoms with Gasteiger partial charge in [0.1, 0.15) is 0 Å². The highest BCUT2D eigenvalue weighted by Crippen LogP contribution is 2.09. The van der Waals surface area contributed by atoms with Gasteiger partial charge in [0.25, 0.3) is 0 Å². The highest BCUT2D eigenvalue weighted by Gasteiger charge is 2.02. The van der Waals surface area contributed by atoms with Crippen LogP contribution >= 0.6 is 11.3 Å². The summed E-state index contributed by atoms with van der Waals surface area (Å²) in [6, 6.07) is 4.09. The third kappa shape index (κ3) is 2.95. The lowest BCUT2D eigenvalue weighted by Crippen LogP contribution is -2.35. The molecule has 0 saturated heterocycles. The number of nitrogens with zero attached hydrogens (tertiary/aromatic N) is 2. The zero-order valence-electron chi connectivity index (χ0n) is 7.47. The van der Waals surface area contributed by atoms with Crippen LogP contribution in [0.2, 0.25) is 0 Å². The van der Waals surface area contributed by atoms with Gasteiger partial charge in [-0.3, -0.25) is 0 Å². The van der Waals surface area contributed by atoms with Crippen LogP contribution in [0.3, 0.4) is 0 Å². The number of rotatable bonds is 3. The molecule has 5 heteroatoms. The minimum atomic E-state index is 0.150. The van der Waals surface area contributed by atoms with Crippen LogP contribution < -0.4 is 5.73 Å². The van der Waals surface area contributed by atoms with Crippen molar-refractivity contribution in [3.05, 3.63) is 22.4 Å². The molecule has 0 aliphatic carbocycles. The summed E-state index contributed by atoms with van der Waals surface area (Å²) in [4.78, 5) is 3.01. The van der Waals surface area contributed by atoms with E-state index in [9.17, 15) is 0 Å². The lowest BCUT2D eigenvalue weighted by molar-refractivity contribution is 0.305. The Morgan fingerprint density at radius 1 is 1.77 bits per heavy atom. The van der Waals surface area contributed by atoms with E-state index in [0.717, 1.165) is 13.0 Å². The van der Waals surface area contributed by atoms with Gasteiger partial charge in [-0.05, 0) is 17.9 Å². The normalized spacial score (nSPS) is 11.6. The standard InChI is InChI=1S/C8H13N3OS/c1-11(8(9)10-12)5-4-7-3-2-6-13-7/h2-3,6,12H,4-5H2,1H3,(H2,9,10). The zero-order valence-corrected chi connectivity index (χ0v) is 8.29. The Morgan fingerprint density at radius 3 is 3.08 bits per heavy atom. The van der Waals surface area contributed by atoms with Gasteiger partial charge >= 0.3 is 0 Å². The summed E-state index contributed by atoms with van der Waals surface area (Å²) in [5.74, 6) is 0.150. The molecule has 0 aliphatic rings. The highest BCUT2D eigenvalue weighted by molar-refractivity contribution is 7.09. The van der Waals surface area contributed by atoms with Crippen LogP contribution in [0, 0.1) is 0 Å². The van der Waals surface area contributed by atoms with E-state index in [1.54, 1.807) is 23.3 Å². The van der Waals surface area contributed by atoms with Crippen molar-refractivity contribution in [2.24, 2.45) is 10.9 Å². The molecule has 72 valence electrons. The van der Waals surface area contributed by atoms with E-state index in [-0.39, 0.29) is 5.96 Å². The van der Waals surface area contributed by atoms with E-state index in [1.807, 2.05) is 11.4 Å². The van der Waals surface area contributed by atoms with Crippen LogP contribution in [0.5, 0.6) is 0 Å². The summed E-state index contributed by atoms with van der Waals surface area (Å²) in [5.41, 5.74) is 5.39. The number of hydrogen-bond acceptors (Lipinski definition) is 3. The fraction of sp³-hybridized carbons (Fsp3) is 0.375. The molecule has 1 aromatic heterocycles. The first-order valence-electron chi connectivity index (χ1n) is 3.95. The number of nitrogens with two attached hydrogens (primary N) is 1. The lowest BCUT2D eigenvalue weighted by atomic mass is 10.3. The van der Waals surface area contributed by atoms with E-state index in [2.05, 4.69) is 11.2 Å². The first kappa shape index (κ1) is 9.85. The molecule has 0 atom stereocenters. The van der Waals surface area contributed by atoms with Crippen LogP contribution in [0.15, 0.2) is 22.7 Å². The molecular formula is C8H13N3OS. The molecule has 3 N–H and O–H groups in total. The number of thiophene rings is 1.